The minimum absolute atomic E-state index is 0.0116. The molecular formula is C19H21ClN6O3S. The molecule has 1 aliphatic rings. The highest BCUT2D eigenvalue weighted by atomic mass is 35.5. The number of hydrogen-bond acceptors (Lipinski definition) is 7. The van der Waals surface area contributed by atoms with E-state index in [2.05, 4.69) is 20.4 Å². The smallest absolute Gasteiger partial charge is 0.407 e. The number of fused-ring (bicyclic) bond motifs is 1. The highest BCUT2D eigenvalue weighted by Gasteiger charge is 2.26. The first-order valence-corrected chi connectivity index (χ1v) is 11.0. The minimum Gasteiger partial charge on any atom is -0.450 e. The summed E-state index contributed by atoms with van der Waals surface area (Å²) in [7, 11) is 0. The second kappa shape index (κ2) is 8.97. The van der Waals surface area contributed by atoms with Crippen LogP contribution in [0.2, 0.25) is 5.15 Å². The van der Waals surface area contributed by atoms with Gasteiger partial charge in [0.1, 0.15) is 15.7 Å². The molecule has 1 fully saturated rings. The van der Waals surface area contributed by atoms with Gasteiger partial charge in [-0.3, -0.25) is 4.79 Å². The third-order valence-corrected chi connectivity index (χ3v) is 5.91. The van der Waals surface area contributed by atoms with Crippen LogP contribution in [0, 0.1) is 0 Å². The first-order chi connectivity index (χ1) is 14.5. The van der Waals surface area contributed by atoms with E-state index in [1.165, 1.54) is 17.4 Å². The van der Waals surface area contributed by atoms with Crippen molar-refractivity contribution in [2.24, 2.45) is 0 Å². The fraction of sp³-hybridized carbons (Fsp3) is 0.421. The summed E-state index contributed by atoms with van der Waals surface area (Å²) in [4.78, 5) is 36.1. The molecule has 1 aliphatic heterocycles. The number of nitrogens with one attached hydrogen (secondary N) is 1. The van der Waals surface area contributed by atoms with Gasteiger partial charge in [-0.2, -0.15) is 5.10 Å². The van der Waals surface area contributed by atoms with Gasteiger partial charge in [-0.1, -0.05) is 18.5 Å². The van der Waals surface area contributed by atoms with Crippen molar-refractivity contribution in [3.63, 3.8) is 0 Å². The molecule has 0 bridgehead atoms. The predicted octanol–water partition coefficient (Wildman–Crippen LogP) is 3.25. The number of ether oxygens (including phenoxy) is 1. The van der Waals surface area contributed by atoms with E-state index in [1.807, 2.05) is 18.5 Å². The molecule has 0 unspecified atom stereocenters. The standard InChI is InChI=1S/C19H21ClN6O3S/c1-2-8-29-19(28)22-12-3-5-25(6-4-12)17(27)14-10-15(20)24-16(23-14)13-11-21-26-7-9-30-18(13)26/h7,9-12H,2-6,8H2,1H3,(H,22,28). The van der Waals surface area contributed by atoms with E-state index in [-0.39, 0.29) is 22.8 Å². The summed E-state index contributed by atoms with van der Waals surface area (Å²) < 4.78 is 6.79. The molecule has 9 nitrogen and oxygen atoms in total. The first kappa shape index (κ1) is 20.5. The normalized spacial score (nSPS) is 14.8. The zero-order valence-electron chi connectivity index (χ0n) is 16.4. The lowest BCUT2D eigenvalue weighted by Crippen LogP contribution is -2.46. The maximum absolute atomic E-state index is 13.0. The van der Waals surface area contributed by atoms with Gasteiger partial charge in [0.2, 0.25) is 0 Å². The molecule has 1 N–H and O–H groups in total. The Bertz CT molecular complexity index is 1060. The van der Waals surface area contributed by atoms with E-state index in [9.17, 15) is 9.59 Å². The molecule has 4 heterocycles. The molecule has 0 radical (unpaired) electrons. The van der Waals surface area contributed by atoms with E-state index in [4.69, 9.17) is 16.3 Å². The van der Waals surface area contributed by atoms with E-state index in [0.717, 1.165) is 16.8 Å². The lowest BCUT2D eigenvalue weighted by molar-refractivity contribution is 0.0696. The predicted molar refractivity (Wildman–Crippen MR) is 113 cm³/mol. The van der Waals surface area contributed by atoms with Gasteiger partial charge in [0.05, 0.1) is 18.4 Å². The maximum atomic E-state index is 13.0. The van der Waals surface area contributed by atoms with Gasteiger partial charge in [0, 0.05) is 36.8 Å². The number of thiazole rings is 1. The minimum atomic E-state index is -0.407. The molecule has 1 saturated heterocycles. The Morgan fingerprint density at radius 2 is 2.13 bits per heavy atom. The zero-order valence-corrected chi connectivity index (χ0v) is 17.9. The summed E-state index contributed by atoms with van der Waals surface area (Å²) in [5, 5.41) is 9.23. The molecule has 4 rings (SSSR count). The number of alkyl carbamates (subject to hydrolysis) is 1. The molecule has 3 aromatic rings. The van der Waals surface area contributed by atoms with Crippen LogP contribution in [0.3, 0.4) is 0 Å². The Hall–Kier alpha value is -2.72. The SMILES string of the molecule is CCCOC(=O)NC1CCN(C(=O)c2cc(Cl)nc(-c3cnn4ccsc34)n2)CC1. The molecule has 2 amide bonds. The van der Waals surface area contributed by atoms with Crippen molar-refractivity contribution in [1.82, 2.24) is 29.8 Å². The van der Waals surface area contributed by atoms with Crippen LogP contribution in [0.1, 0.15) is 36.7 Å². The number of carbonyl (C=O) groups excluding carboxylic acids is 2. The summed E-state index contributed by atoms with van der Waals surface area (Å²) in [6, 6.07) is 1.47. The van der Waals surface area contributed by atoms with Crippen molar-refractivity contribution in [3.05, 3.63) is 34.7 Å². The third-order valence-electron chi connectivity index (χ3n) is 4.83. The number of likely N-dealkylation sites (tertiary alicyclic amines) is 1. The molecule has 158 valence electrons. The quantitative estimate of drug-likeness (QED) is 0.601. The fourth-order valence-electron chi connectivity index (χ4n) is 3.32. The average Bonchev–Trinajstić information content (AvgIpc) is 3.36. The molecular weight excluding hydrogens is 428 g/mol. The Labute approximate surface area is 182 Å². The van der Waals surface area contributed by atoms with Gasteiger partial charge in [0.25, 0.3) is 5.91 Å². The van der Waals surface area contributed by atoms with Gasteiger partial charge < -0.3 is 15.0 Å². The van der Waals surface area contributed by atoms with Crippen LogP contribution in [0.4, 0.5) is 4.79 Å². The van der Waals surface area contributed by atoms with Crippen LogP contribution in [0.15, 0.2) is 23.8 Å². The molecule has 0 atom stereocenters. The monoisotopic (exact) mass is 448 g/mol. The molecule has 30 heavy (non-hydrogen) atoms. The summed E-state index contributed by atoms with van der Waals surface area (Å²) >= 11 is 7.70. The second-order valence-electron chi connectivity index (χ2n) is 6.96. The second-order valence-corrected chi connectivity index (χ2v) is 8.24. The number of rotatable bonds is 5. The number of aromatic nitrogens is 4. The van der Waals surface area contributed by atoms with Gasteiger partial charge in [-0.15, -0.1) is 11.3 Å². The van der Waals surface area contributed by atoms with Gasteiger partial charge in [-0.05, 0) is 19.3 Å². The Balaban J connectivity index is 1.44. The summed E-state index contributed by atoms with van der Waals surface area (Å²) in [6.45, 7) is 3.36. The maximum Gasteiger partial charge on any atom is 0.407 e. The van der Waals surface area contributed by atoms with Crippen LogP contribution in [-0.2, 0) is 4.74 Å². The van der Waals surface area contributed by atoms with Crippen LogP contribution in [0.25, 0.3) is 16.2 Å². The van der Waals surface area contributed by atoms with Gasteiger partial charge in [0.15, 0.2) is 5.82 Å². The van der Waals surface area contributed by atoms with Crippen molar-refractivity contribution in [1.29, 1.82) is 0 Å². The lowest BCUT2D eigenvalue weighted by atomic mass is 10.0. The molecule has 0 aliphatic carbocycles. The third kappa shape index (κ3) is 4.39. The Morgan fingerprint density at radius 3 is 2.90 bits per heavy atom. The van der Waals surface area contributed by atoms with Crippen molar-refractivity contribution in [2.75, 3.05) is 19.7 Å². The number of hydrogen-bond donors (Lipinski definition) is 1. The van der Waals surface area contributed by atoms with E-state index in [1.54, 1.807) is 15.6 Å². The van der Waals surface area contributed by atoms with Gasteiger partial charge in [-0.25, -0.2) is 19.3 Å². The van der Waals surface area contributed by atoms with Gasteiger partial charge >= 0.3 is 6.09 Å². The van der Waals surface area contributed by atoms with Crippen molar-refractivity contribution in [3.8, 4) is 11.4 Å². The van der Waals surface area contributed by atoms with E-state index >= 15 is 0 Å². The molecule has 3 aromatic heterocycles. The highest BCUT2D eigenvalue weighted by Crippen LogP contribution is 2.26. The van der Waals surface area contributed by atoms with Crippen LogP contribution in [0.5, 0.6) is 0 Å². The highest BCUT2D eigenvalue weighted by molar-refractivity contribution is 7.16. The molecule has 0 saturated carbocycles. The van der Waals surface area contributed by atoms with Crippen molar-refractivity contribution < 1.29 is 14.3 Å². The fourth-order valence-corrected chi connectivity index (χ4v) is 4.30. The number of amides is 2. The molecule has 0 spiro atoms. The Morgan fingerprint density at radius 1 is 1.33 bits per heavy atom. The largest absolute Gasteiger partial charge is 0.450 e. The van der Waals surface area contributed by atoms with Crippen molar-refractivity contribution in [2.45, 2.75) is 32.2 Å². The average molecular weight is 449 g/mol. The number of carbonyl (C=O) groups is 2. The number of nitrogens with zero attached hydrogens (tertiary/aromatic N) is 5. The van der Waals surface area contributed by atoms with E-state index in [0.29, 0.717) is 38.4 Å². The van der Waals surface area contributed by atoms with Crippen LogP contribution >= 0.6 is 22.9 Å². The molecule has 11 heteroatoms. The summed E-state index contributed by atoms with van der Waals surface area (Å²) in [5.74, 6) is 0.167. The number of halogens is 1. The Kier molecular flexibility index (Phi) is 6.14. The van der Waals surface area contributed by atoms with E-state index < -0.39 is 6.09 Å². The molecule has 0 aromatic carbocycles. The number of piperidine rings is 1. The summed E-state index contributed by atoms with van der Waals surface area (Å²) in [6.07, 6.45) is 5.18. The zero-order chi connectivity index (χ0) is 21.1. The first-order valence-electron chi connectivity index (χ1n) is 9.73. The van der Waals surface area contributed by atoms with Crippen LogP contribution < -0.4 is 5.32 Å². The summed E-state index contributed by atoms with van der Waals surface area (Å²) in [5.41, 5.74) is 0.977. The lowest BCUT2D eigenvalue weighted by Gasteiger charge is -2.32. The topological polar surface area (TPSA) is 102 Å². The van der Waals surface area contributed by atoms with Crippen molar-refractivity contribution >= 4 is 39.8 Å². The van der Waals surface area contributed by atoms with Crippen LogP contribution in [-0.4, -0.2) is 62.2 Å².